The molecule has 86 valence electrons. The van der Waals surface area contributed by atoms with Crippen molar-refractivity contribution in [3.63, 3.8) is 0 Å². The maximum atomic E-state index is 5.56. The summed E-state index contributed by atoms with van der Waals surface area (Å²) in [5.41, 5.74) is 3.92. The van der Waals surface area contributed by atoms with Crippen LogP contribution < -0.4 is 11.3 Å². The predicted octanol–water partition coefficient (Wildman–Crippen LogP) is -0.0993. The summed E-state index contributed by atoms with van der Waals surface area (Å²) in [6.07, 6.45) is 8.27. The number of nitrogens with one attached hydrogen (secondary N) is 1. The minimum absolute atomic E-state index is 0.00389. The number of hydrazine groups is 1. The van der Waals surface area contributed by atoms with E-state index in [1.165, 1.54) is 0 Å². The fourth-order valence-corrected chi connectivity index (χ4v) is 1.75. The van der Waals surface area contributed by atoms with Crippen LogP contribution in [0.4, 0.5) is 0 Å². The molecule has 0 fully saturated rings. The van der Waals surface area contributed by atoms with Gasteiger partial charge in [0.2, 0.25) is 0 Å². The van der Waals surface area contributed by atoms with Crippen LogP contribution in [0.15, 0.2) is 24.8 Å². The Labute approximate surface area is 94.1 Å². The molecule has 0 aliphatic rings. The molecule has 0 radical (unpaired) electrons. The number of rotatable bonds is 4. The molecule has 0 saturated carbocycles. The second-order valence-electron chi connectivity index (χ2n) is 3.84. The second-order valence-corrected chi connectivity index (χ2v) is 3.84. The van der Waals surface area contributed by atoms with Crippen molar-refractivity contribution in [3.05, 3.63) is 36.2 Å². The van der Waals surface area contributed by atoms with E-state index in [4.69, 9.17) is 5.84 Å². The van der Waals surface area contributed by atoms with E-state index in [9.17, 15) is 0 Å². The lowest BCUT2D eigenvalue weighted by Crippen LogP contribution is -2.31. The molecule has 2 heterocycles. The Hall–Kier alpha value is -1.66. The third kappa shape index (κ3) is 2.12. The standard InChI is InChI=1S/C10H16N6/c1-15-4-3-12-10(15)9(14-11)5-8-6-13-16(2)7-8/h3-4,6-7,9,14H,5,11H2,1-2H3. The van der Waals surface area contributed by atoms with Gasteiger partial charge in [0.15, 0.2) is 0 Å². The molecular weight excluding hydrogens is 204 g/mol. The van der Waals surface area contributed by atoms with E-state index >= 15 is 0 Å². The molecule has 3 N–H and O–H groups in total. The molecule has 0 amide bonds. The van der Waals surface area contributed by atoms with Crippen LogP contribution >= 0.6 is 0 Å². The van der Waals surface area contributed by atoms with Gasteiger partial charge in [-0.15, -0.1) is 0 Å². The average Bonchev–Trinajstić information content (AvgIpc) is 2.84. The quantitative estimate of drug-likeness (QED) is 0.557. The number of aryl methyl sites for hydroxylation is 2. The molecule has 1 unspecified atom stereocenters. The zero-order chi connectivity index (χ0) is 11.5. The Morgan fingerprint density at radius 1 is 1.50 bits per heavy atom. The highest BCUT2D eigenvalue weighted by atomic mass is 15.3. The van der Waals surface area contributed by atoms with E-state index in [1.807, 2.05) is 37.3 Å². The minimum Gasteiger partial charge on any atom is -0.337 e. The van der Waals surface area contributed by atoms with E-state index in [-0.39, 0.29) is 6.04 Å². The van der Waals surface area contributed by atoms with Gasteiger partial charge in [-0.3, -0.25) is 10.5 Å². The van der Waals surface area contributed by atoms with Crippen molar-refractivity contribution in [1.82, 2.24) is 24.8 Å². The molecule has 0 aliphatic heterocycles. The first kappa shape index (κ1) is 10.8. The molecule has 6 nitrogen and oxygen atoms in total. The van der Waals surface area contributed by atoms with Crippen molar-refractivity contribution in [2.45, 2.75) is 12.5 Å². The highest BCUT2D eigenvalue weighted by Crippen LogP contribution is 2.14. The molecule has 0 spiro atoms. The first-order chi connectivity index (χ1) is 7.70. The van der Waals surface area contributed by atoms with Crippen molar-refractivity contribution in [3.8, 4) is 0 Å². The topological polar surface area (TPSA) is 73.7 Å². The van der Waals surface area contributed by atoms with E-state index in [2.05, 4.69) is 15.5 Å². The summed E-state index contributed by atoms with van der Waals surface area (Å²) in [4.78, 5) is 4.28. The summed E-state index contributed by atoms with van der Waals surface area (Å²) < 4.78 is 3.74. The number of imidazole rings is 1. The highest BCUT2D eigenvalue weighted by molar-refractivity contribution is 5.10. The van der Waals surface area contributed by atoms with Gasteiger partial charge in [-0.1, -0.05) is 0 Å². The molecule has 1 atom stereocenters. The van der Waals surface area contributed by atoms with Crippen LogP contribution in [0.25, 0.3) is 0 Å². The fourth-order valence-electron chi connectivity index (χ4n) is 1.75. The van der Waals surface area contributed by atoms with Crippen molar-refractivity contribution in [1.29, 1.82) is 0 Å². The van der Waals surface area contributed by atoms with Crippen molar-refractivity contribution >= 4 is 0 Å². The van der Waals surface area contributed by atoms with Gasteiger partial charge in [0, 0.05) is 32.7 Å². The van der Waals surface area contributed by atoms with E-state index in [1.54, 1.807) is 10.9 Å². The molecule has 2 rings (SSSR count). The zero-order valence-corrected chi connectivity index (χ0v) is 9.46. The molecule has 0 aromatic carbocycles. The molecule has 2 aromatic rings. The van der Waals surface area contributed by atoms with Crippen LogP contribution in [0, 0.1) is 0 Å². The van der Waals surface area contributed by atoms with Gasteiger partial charge < -0.3 is 4.57 Å². The number of aromatic nitrogens is 4. The monoisotopic (exact) mass is 220 g/mol. The first-order valence-electron chi connectivity index (χ1n) is 5.11. The van der Waals surface area contributed by atoms with Crippen molar-refractivity contribution < 1.29 is 0 Å². The predicted molar refractivity (Wildman–Crippen MR) is 60.2 cm³/mol. The van der Waals surface area contributed by atoms with Gasteiger partial charge in [0.05, 0.1) is 12.2 Å². The zero-order valence-electron chi connectivity index (χ0n) is 9.46. The SMILES string of the molecule is Cn1cc(CC(NN)c2nccn2C)cn1. The molecule has 0 bridgehead atoms. The van der Waals surface area contributed by atoms with E-state index < -0.39 is 0 Å². The lowest BCUT2D eigenvalue weighted by molar-refractivity contribution is 0.507. The van der Waals surface area contributed by atoms with Crippen LogP contribution in [0.5, 0.6) is 0 Å². The molecule has 6 heteroatoms. The van der Waals surface area contributed by atoms with Gasteiger partial charge in [-0.2, -0.15) is 5.10 Å². The van der Waals surface area contributed by atoms with Crippen LogP contribution in [0.2, 0.25) is 0 Å². The fraction of sp³-hybridized carbons (Fsp3) is 0.400. The normalized spacial score (nSPS) is 12.9. The highest BCUT2D eigenvalue weighted by Gasteiger charge is 2.15. The molecular formula is C10H16N6. The van der Waals surface area contributed by atoms with Gasteiger partial charge in [0.25, 0.3) is 0 Å². The Kier molecular flexibility index (Phi) is 3.02. The third-order valence-corrected chi connectivity index (χ3v) is 2.57. The van der Waals surface area contributed by atoms with Crippen molar-refractivity contribution in [2.24, 2.45) is 19.9 Å². The number of nitrogens with zero attached hydrogens (tertiary/aromatic N) is 4. The third-order valence-electron chi connectivity index (χ3n) is 2.57. The van der Waals surface area contributed by atoms with Gasteiger partial charge in [0.1, 0.15) is 5.82 Å². The largest absolute Gasteiger partial charge is 0.337 e. The lowest BCUT2D eigenvalue weighted by atomic mass is 10.1. The maximum Gasteiger partial charge on any atom is 0.127 e. The smallest absolute Gasteiger partial charge is 0.127 e. The Morgan fingerprint density at radius 3 is 2.81 bits per heavy atom. The maximum absolute atomic E-state index is 5.56. The van der Waals surface area contributed by atoms with Gasteiger partial charge in [-0.05, 0) is 12.0 Å². The first-order valence-corrected chi connectivity index (χ1v) is 5.11. The number of nitrogens with two attached hydrogens (primary N) is 1. The summed E-state index contributed by atoms with van der Waals surface area (Å²) in [5.74, 6) is 6.48. The Bertz CT molecular complexity index is 457. The summed E-state index contributed by atoms with van der Waals surface area (Å²) >= 11 is 0. The molecule has 2 aromatic heterocycles. The number of hydrogen-bond acceptors (Lipinski definition) is 4. The summed E-state index contributed by atoms with van der Waals surface area (Å²) in [7, 11) is 3.85. The van der Waals surface area contributed by atoms with Crippen LogP contribution in [-0.4, -0.2) is 19.3 Å². The lowest BCUT2D eigenvalue weighted by Gasteiger charge is -2.14. The average molecular weight is 220 g/mol. The molecule has 0 saturated heterocycles. The minimum atomic E-state index is 0.00389. The number of hydrogen-bond donors (Lipinski definition) is 2. The van der Waals surface area contributed by atoms with Crippen LogP contribution in [0.3, 0.4) is 0 Å². The van der Waals surface area contributed by atoms with E-state index in [0.717, 1.165) is 17.8 Å². The van der Waals surface area contributed by atoms with E-state index in [0.29, 0.717) is 0 Å². The summed E-state index contributed by atoms with van der Waals surface area (Å²) in [6.45, 7) is 0. The van der Waals surface area contributed by atoms with Gasteiger partial charge >= 0.3 is 0 Å². The Balaban J connectivity index is 2.15. The Morgan fingerprint density at radius 2 is 2.31 bits per heavy atom. The summed E-state index contributed by atoms with van der Waals surface area (Å²) in [6, 6.07) is 0.00389. The molecule has 16 heavy (non-hydrogen) atoms. The van der Waals surface area contributed by atoms with Crippen LogP contribution in [0.1, 0.15) is 17.4 Å². The molecule has 0 aliphatic carbocycles. The van der Waals surface area contributed by atoms with Crippen LogP contribution in [-0.2, 0) is 20.5 Å². The van der Waals surface area contributed by atoms with Gasteiger partial charge in [-0.25, -0.2) is 10.4 Å². The second kappa shape index (κ2) is 4.46. The summed E-state index contributed by atoms with van der Waals surface area (Å²) in [5, 5.41) is 4.13. The van der Waals surface area contributed by atoms with Crippen molar-refractivity contribution in [2.75, 3.05) is 0 Å².